The van der Waals surface area contributed by atoms with Crippen molar-refractivity contribution >= 4 is 28.5 Å². The highest BCUT2D eigenvalue weighted by atomic mass is 19.1. The highest BCUT2D eigenvalue weighted by Crippen LogP contribution is 2.33. The molecule has 0 spiro atoms. The van der Waals surface area contributed by atoms with Crippen molar-refractivity contribution in [2.24, 2.45) is 5.73 Å². The van der Waals surface area contributed by atoms with Gasteiger partial charge in [-0.05, 0) is 37.6 Å². The van der Waals surface area contributed by atoms with E-state index in [0.717, 1.165) is 25.5 Å². The van der Waals surface area contributed by atoms with Crippen molar-refractivity contribution < 1.29 is 32.3 Å². The number of carbonyl (C=O) groups excluding carboxylic acids is 2. The molecule has 1 fully saturated rings. The lowest BCUT2D eigenvalue weighted by atomic mass is 10.2. The van der Waals surface area contributed by atoms with Gasteiger partial charge in [0, 0.05) is 12.1 Å². The molecule has 1 aliphatic rings. The van der Waals surface area contributed by atoms with E-state index in [1.54, 1.807) is 6.07 Å². The Balaban J connectivity index is 1.59. The van der Waals surface area contributed by atoms with Gasteiger partial charge in [-0.1, -0.05) is 0 Å². The van der Waals surface area contributed by atoms with Crippen molar-refractivity contribution in [3.05, 3.63) is 53.2 Å². The zero-order valence-electron chi connectivity index (χ0n) is 15.8. The number of nitrogens with one attached hydrogen (secondary N) is 1. The van der Waals surface area contributed by atoms with E-state index in [0.29, 0.717) is 18.4 Å². The van der Waals surface area contributed by atoms with Crippen molar-refractivity contribution in [3.63, 3.8) is 0 Å². The van der Waals surface area contributed by atoms with Crippen molar-refractivity contribution in [2.45, 2.75) is 25.4 Å². The number of furan rings is 2. The minimum absolute atomic E-state index is 0.0463. The molecular weight excluding hydrogens is 400 g/mol. The molecule has 0 saturated carbocycles. The van der Waals surface area contributed by atoms with E-state index >= 15 is 0 Å². The van der Waals surface area contributed by atoms with Crippen LogP contribution in [0.4, 0.5) is 14.5 Å². The molecule has 2 aromatic heterocycles. The van der Waals surface area contributed by atoms with Crippen LogP contribution < -0.4 is 11.1 Å². The number of halogens is 2. The Labute approximate surface area is 169 Å². The Morgan fingerprint density at radius 1 is 1.27 bits per heavy atom. The fourth-order valence-electron chi connectivity index (χ4n) is 3.69. The number of anilines is 1. The summed E-state index contributed by atoms with van der Waals surface area (Å²) in [7, 11) is 0. The van der Waals surface area contributed by atoms with E-state index in [2.05, 4.69) is 10.2 Å². The number of nitrogens with zero attached hydrogens (tertiary/aromatic N) is 1. The smallest absolute Gasteiger partial charge is 0.291 e. The molecule has 1 aromatic carbocycles. The van der Waals surface area contributed by atoms with Crippen molar-refractivity contribution in [1.82, 2.24) is 4.90 Å². The topological polar surface area (TPSA) is 122 Å². The second-order valence-corrected chi connectivity index (χ2v) is 7.10. The molecule has 4 rings (SSSR count). The molecule has 4 N–H and O–H groups in total. The number of carbonyl (C=O) groups is 2. The van der Waals surface area contributed by atoms with Gasteiger partial charge in [-0.2, -0.15) is 0 Å². The van der Waals surface area contributed by atoms with Gasteiger partial charge in [-0.3, -0.25) is 14.5 Å². The van der Waals surface area contributed by atoms with Gasteiger partial charge in [0.2, 0.25) is 5.76 Å². The minimum Gasteiger partial charge on any atom is -0.455 e. The van der Waals surface area contributed by atoms with Crippen LogP contribution in [0, 0.1) is 11.6 Å². The molecule has 0 bridgehead atoms. The molecule has 3 heterocycles. The van der Waals surface area contributed by atoms with E-state index in [1.165, 1.54) is 6.07 Å². The van der Waals surface area contributed by atoms with E-state index in [4.69, 9.17) is 14.6 Å². The molecule has 10 heteroatoms. The number of likely N-dealkylation sites (tertiary alicyclic amines) is 1. The van der Waals surface area contributed by atoms with Crippen molar-refractivity contribution in [3.8, 4) is 0 Å². The summed E-state index contributed by atoms with van der Waals surface area (Å²) < 4.78 is 38.3. The number of benzene rings is 1. The average molecular weight is 419 g/mol. The lowest BCUT2D eigenvalue weighted by Crippen LogP contribution is -2.31. The third-order valence-corrected chi connectivity index (χ3v) is 5.13. The first-order valence-electron chi connectivity index (χ1n) is 9.33. The largest absolute Gasteiger partial charge is 0.455 e. The predicted molar refractivity (Wildman–Crippen MR) is 102 cm³/mol. The normalized spacial score (nSPS) is 17.0. The number of nitrogens with two attached hydrogens (primary N) is 1. The summed E-state index contributed by atoms with van der Waals surface area (Å²) in [5.74, 6) is -3.77. The number of hydrogen-bond acceptors (Lipinski definition) is 6. The van der Waals surface area contributed by atoms with Gasteiger partial charge >= 0.3 is 0 Å². The molecule has 158 valence electrons. The fraction of sp³-hybridized carbons (Fsp3) is 0.300. The molecule has 3 aromatic rings. The van der Waals surface area contributed by atoms with Crippen LogP contribution in [0.3, 0.4) is 0 Å². The molecule has 0 aliphatic carbocycles. The molecule has 0 radical (unpaired) electrons. The minimum atomic E-state index is -1.05. The first-order chi connectivity index (χ1) is 14.4. The number of rotatable bonds is 6. The SMILES string of the molecule is NC(=O)c1oc2c(F)cc(F)cc2c1NC(=O)c1ccc(CN2CCC[C@H]2CO)o1. The van der Waals surface area contributed by atoms with Crippen LogP contribution in [-0.4, -0.2) is 41.0 Å². The molecule has 8 nitrogen and oxygen atoms in total. The summed E-state index contributed by atoms with van der Waals surface area (Å²) in [6.45, 7) is 1.29. The lowest BCUT2D eigenvalue weighted by Gasteiger charge is -2.21. The lowest BCUT2D eigenvalue weighted by molar-refractivity contribution is 0.0976. The van der Waals surface area contributed by atoms with Crippen LogP contribution in [-0.2, 0) is 6.54 Å². The molecule has 1 saturated heterocycles. The Bertz CT molecular complexity index is 1120. The van der Waals surface area contributed by atoms with E-state index in [1.807, 2.05) is 0 Å². The van der Waals surface area contributed by atoms with Crippen LogP contribution in [0.25, 0.3) is 11.0 Å². The molecule has 2 amide bonds. The maximum absolute atomic E-state index is 14.0. The van der Waals surface area contributed by atoms with Gasteiger partial charge in [-0.25, -0.2) is 8.78 Å². The second kappa shape index (κ2) is 7.88. The third kappa shape index (κ3) is 3.66. The van der Waals surface area contributed by atoms with Crippen LogP contribution in [0.5, 0.6) is 0 Å². The van der Waals surface area contributed by atoms with Gasteiger partial charge in [0.15, 0.2) is 17.2 Å². The second-order valence-electron chi connectivity index (χ2n) is 7.10. The van der Waals surface area contributed by atoms with Crippen LogP contribution >= 0.6 is 0 Å². The average Bonchev–Trinajstić information content (AvgIpc) is 3.41. The number of primary amides is 1. The maximum atomic E-state index is 14.0. The summed E-state index contributed by atoms with van der Waals surface area (Å²) in [5.41, 5.74) is 4.62. The van der Waals surface area contributed by atoms with Gasteiger partial charge in [-0.15, -0.1) is 0 Å². The summed E-state index contributed by atoms with van der Waals surface area (Å²) in [6, 6.07) is 4.65. The van der Waals surface area contributed by atoms with Crippen molar-refractivity contribution in [1.29, 1.82) is 0 Å². The quantitative estimate of drug-likeness (QED) is 0.565. The predicted octanol–water partition coefficient (Wildman–Crippen LogP) is 2.61. The van der Waals surface area contributed by atoms with Gasteiger partial charge in [0.05, 0.1) is 18.5 Å². The molecule has 30 heavy (non-hydrogen) atoms. The number of amides is 2. The van der Waals surface area contributed by atoms with Crippen LogP contribution in [0.2, 0.25) is 0 Å². The Kier molecular flexibility index (Phi) is 5.27. The number of fused-ring (bicyclic) bond motifs is 1. The first-order valence-corrected chi connectivity index (χ1v) is 9.33. The number of aliphatic hydroxyl groups is 1. The standard InChI is InChI=1S/C20H19F2N3O5/c21-10-6-13-16(18(19(23)27)30-17(13)14(22)7-10)24-20(28)15-4-3-12(29-15)8-25-5-1-2-11(25)9-26/h3-4,6-7,11,26H,1-2,5,8-9H2,(H2,23,27)(H,24,28)/t11-/m0/s1. The molecule has 1 aliphatic heterocycles. The highest BCUT2D eigenvalue weighted by molar-refractivity contribution is 6.13. The zero-order valence-corrected chi connectivity index (χ0v) is 15.8. The Morgan fingerprint density at radius 3 is 2.80 bits per heavy atom. The van der Waals surface area contributed by atoms with Crippen LogP contribution in [0.1, 0.15) is 39.7 Å². The monoisotopic (exact) mass is 419 g/mol. The molecule has 1 atom stereocenters. The first kappa shape index (κ1) is 20.0. The number of aliphatic hydroxyl groups excluding tert-OH is 1. The summed E-state index contributed by atoms with van der Waals surface area (Å²) in [6.07, 6.45) is 1.86. The van der Waals surface area contributed by atoms with E-state index in [-0.39, 0.29) is 29.5 Å². The highest BCUT2D eigenvalue weighted by Gasteiger charge is 2.27. The van der Waals surface area contributed by atoms with Gasteiger partial charge < -0.3 is 25.0 Å². The van der Waals surface area contributed by atoms with Gasteiger partial charge in [0.25, 0.3) is 11.8 Å². The molecule has 0 unspecified atom stereocenters. The number of hydrogen-bond donors (Lipinski definition) is 3. The van der Waals surface area contributed by atoms with Gasteiger partial charge in [0.1, 0.15) is 17.3 Å². The zero-order chi connectivity index (χ0) is 21.4. The maximum Gasteiger partial charge on any atom is 0.291 e. The Hall–Kier alpha value is -3.24. The third-order valence-electron chi connectivity index (χ3n) is 5.13. The fourth-order valence-corrected chi connectivity index (χ4v) is 3.69. The van der Waals surface area contributed by atoms with Crippen molar-refractivity contribution in [2.75, 3.05) is 18.5 Å². The van der Waals surface area contributed by atoms with E-state index in [9.17, 15) is 23.5 Å². The van der Waals surface area contributed by atoms with Crippen LogP contribution in [0.15, 0.2) is 33.1 Å². The van der Waals surface area contributed by atoms with E-state index < -0.39 is 34.8 Å². The Morgan fingerprint density at radius 2 is 2.07 bits per heavy atom. The molecular formula is C20H19F2N3O5. The summed E-state index contributed by atoms with van der Waals surface area (Å²) in [5, 5.41) is 11.7. The summed E-state index contributed by atoms with van der Waals surface area (Å²) >= 11 is 0. The summed E-state index contributed by atoms with van der Waals surface area (Å²) in [4.78, 5) is 26.4.